The van der Waals surface area contributed by atoms with Crippen LogP contribution in [-0.2, 0) is 4.74 Å². The summed E-state index contributed by atoms with van der Waals surface area (Å²) in [7, 11) is 1.52. The maximum absolute atomic E-state index is 12.0. The molecule has 0 spiro atoms. The van der Waals surface area contributed by atoms with E-state index in [4.69, 9.17) is 4.74 Å². The highest BCUT2D eigenvalue weighted by molar-refractivity contribution is 7.80. The topological polar surface area (TPSA) is 56.1 Å². The van der Waals surface area contributed by atoms with E-state index in [1.807, 2.05) is 31.2 Å². The van der Waals surface area contributed by atoms with E-state index in [1.165, 1.54) is 13.3 Å². The second-order valence-corrected chi connectivity index (χ2v) is 4.45. The minimum atomic E-state index is -0.254. The normalized spacial score (nSPS) is 10.5. The number of hydrogen-bond donors (Lipinski definition) is 2. The highest BCUT2D eigenvalue weighted by Crippen LogP contribution is 2.18. The Kier molecular flexibility index (Phi) is 4.24. The largest absolute Gasteiger partial charge is 0.364 e. The first-order valence-electron chi connectivity index (χ1n) is 5.74. The van der Waals surface area contributed by atoms with Crippen molar-refractivity contribution in [2.75, 3.05) is 13.8 Å². The van der Waals surface area contributed by atoms with Crippen molar-refractivity contribution < 1.29 is 9.53 Å². The number of thiol groups is 1. The van der Waals surface area contributed by atoms with Crippen LogP contribution in [0.3, 0.4) is 0 Å². The Hall–Kier alpha value is -1.79. The molecule has 0 saturated carbocycles. The summed E-state index contributed by atoms with van der Waals surface area (Å²) in [5.74, 6) is -0.254. The zero-order chi connectivity index (χ0) is 13.8. The number of ether oxygens (including phenoxy) is 1. The Morgan fingerprint density at radius 2 is 2.11 bits per heavy atom. The van der Waals surface area contributed by atoms with Crippen LogP contribution in [0.2, 0.25) is 0 Å². The summed E-state index contributed by atoms with van der Waals surface area (Å²) in [6.45, 7) is 2.16. The molecule has 0 bridgehead atoms. The first-order valence-corrected chi connectivity index (χ1v) is 6.19. The number of carbonyl (C=O) groups is 1. The summed E-state index contributed by atoms with van der Waals surface area (Å²) < 4.78 is 6.51. The summed E-state index contributed by atoms with van der Waals surface area (Å²) in [6.07, 6.45) is 1.49. The van der Waals surface area contributed by atoms with Crippen LogP contribution in [-0.4, -0.2) is 29.3 Å². The number of methoxy groups -OCH3 is 1. The molecule has 1 amide bonds. The van der Waals surface area contributed by atoms with Gasteiger partial charge in [-0.1, -0.05) is 17.7 Å². The number of aromatic nitrogens is 2. The van der Waals surface area contributed by atoms with Crippen LogP contribution < -0.4 is 5.32 Å². The van der Waals surface area contributed by atoms with Crippen molar-refractivity contribution in [2.45, 2.75) is 12.1 Å². The Labute approximate surface area is 117 Å². The van der Waals surface area contributed by atoms with Crippen LogP contribution in [0.25, 0.3) is 5.69 Å². The van der Waals surface area contributed by atoms with Crippen molar-refractivity contribution in [1.82, 2.24) is 14.9 Å². The summed E-state index contributed by atoms with van der Waals surface area (Å²) in [5, 5.41) is 3.09. The van der Waals surface area contributed by atoms with Crippen molar-refractivity contribution in [1.29, 1.82) is 0 Å². The zero-order valence-corrected chi connectivity index (χ0v) is 11.6. The van der Waals surface area contributed by atoms with Crippen molar-refractivity contribution in [2.24, 2.45) is 0 Å². The van der Waals surface area contributed by atoms with Gasteiger partial charge in [-0.25, -0.2) is 4.98 Å². The third-order valence-electron chi connectivity index (χ3n) is 2.65. The molecule has 0 radical (unpaired) electrons. The minimum Gasteiger partial charge on any atom is -0.364 e. The number of nitrogens with one attached hydrogen (secondary N) is 1. The number of hydrogen-bond acceptors (Lipinski definition) is 4. The second kappa shape index (κ2) is 5.90. The third-order valence-corrected chi connectivity index (χ3v) is 2.96. The first-order chi connectivity index (χ1) is 9.13. The number of rotatable bonds is 4. The molecule has 1 aromatic carbocycles. The smallest absolute Gasteiger partial charge is 0.271 e. The fraction of sp³-hybridized carbons (Fsp3) is 0.231. The summed E-state index contributed by atoms with van der Waals surface area (Å²) in [5.41, 5.74) is 2.41. The van der Waals surface area contributed by atoms with Crippen LogP contribution in [0, 0.1) is 6.92 Å². The fourth-order valence-electron chi connectivity index (χ4n) is 1.68. The molecule has 0 aliphatic rings. The number of benzene rings is 1. The lowest BCUT2D eigenvalue weighted by Crippen LogP contribution is -2.27. The molecule has 1 N–H and O–H groups in total. The van der Waals surface area contributed by atoms with Gasteiger partial charge in [0, 0.05) is 12.8 Å². The van der Waals surface area contributed by atoms with Crippen molar-refractivity contribution >= 4 is 18.5 Å². The monoisotopic (exact) mass is 277 g/mol. The molecule has 0 atom stereocenters. The van der Waals surface area contributed by atoms with E-state index >= 15 is 0 Å². The summed E-state index contributed by atoms with van der Waals surface area (Å²) in [4.78, 5) is 16.1. The molecule has 0 fully saturated rings. The molecule has 100 valence electrons. The lowest BCUT2D eigenvalue weighted by atomic mass is 10.2. The standard InChI is InChI=1S/C13H15N3O2S/c1-9-3-5-10(6-4-9)16-11(7-14-13(16)19)12(17)15-8-18-2/h3-7H,8H2,1-2H3,(H,14,19)(H,15,17). The fourth-order valence-corrected chi connectivity index (χ4v) is 1.96. The molecule has 2 aromatic rings. The number of amides is 1. The first kappa shape index (κ1) is 13.6. The molecule has 0 saturated heterocycles. The average molecular weight is 277 g/mol. The van der Waals surface area contributed by atoms with Crippen molar-refractivity contribution in [3.63, 3.8) is 0 Å². The number of aryl methyl sites for hydroxylation is 1. The molecule has 0 aliphatic carbocycles. The van der Waals surface area contributed by atoms with Gasteiger partial charge in [0.15, 0.2) is 5.16 Å². The van der Waals surface area contributed by atoms with Crippen molar-refractivity contribution in [3.05, 3.63) is 41.7 Å². The third kappa shape index (κ3) is 2.97. The van der Waals surface area contributed by atoms with Gasteiger partial charge in [-0.3, -0.25) is 9.36 Å². The maximum Gasteiger partial charge on any atom is 0.271 e. The van der Waals surface area contributed by atoms with Crippen LogP contribution in [0.4, 0.5) is 0 Å². The van der Waals surface area contributed by atoms with E-state index in [2.05, 4.69) is 22.9 Å². The quantitative estimate of drug-likeness (QED) is 0.662. The molecule has 2 rings (SSSR count). The van der Waals surface area contributed by atoms with E-state index in [0.29, 0.717) is 10.9 Å². The Bertz CT molecular complexity index is 578. The summed E-state index contributed by atoms with van der Waals surface area (Å²) in [6, 6.07) is 7.78. The van der Waals surface area contributed by atoms with Gasteiger partial charge in [0.1, 0.15) is 12.4 Å². The molecule has 1 heterocycles. The van der Waals surface area contributed by atoms with Crippen molar-refractivity contribution in [3.8, 4) is 5.69 Å². The van der Waals surface area contributed by atoms with Gasteiger partial charge in [-0.2, -0.15) is 0 Å². The van der Waals surface area contributed by atoms with E-state index in [-0.39, 0.29) is 12.6 Å². The predicted molar refractivity (Wildman–Crippen MR) is 74.9 cm³/mol. The van der Waals surface area contributed by atoms with Gasteiger partial charge in [-0.15, -0.1) is 12.6 Å². The number of carbonyl (C=O) groups excluding carboxylic acids is 1. The predicted octanol–water partition coefficient (Wildman–Crippen LogP) is 1.80. The van der Waals surface area contributed by atoms with Crippen LogP contribution in [0.5, 0.6) is 0 Å². The van der Waals surface area contributed by atoms with Gasteiger partial charge < -0.3 is 10.1 Å². The maximum atomic E-state index is 12.0. The molecule has 0 unspecified atom stereocenters. The van der Waals surface area contributed by atoms with Gasteiger partial charge in [0.2, 0.25) is 0 Å². The number of imidazole rings is 1. The molecular formula is C13H15N3O2S. The molecule has 1 aromatic heterocycles. The molecule has 6 heteroatoms. The Morgan fingerprint density at radius 3 is 2.74 bits per heavy atom. The Morgan fingerprint density at radius 1 is 1.42 bits per heavy atom. The zero-order valence-electron chi connectivity index (χ0n) is 10.8. The Balaban J connectivity index is 2.37. The molecule has 5 nitrogen and oxygen atoms in total. The summed E-state index contributed by atoms with van der Waals surface area (Å²) >= 11 is 4.28. The van der Waals surface area contributed by atoms with Crippen LogP contribution in [0.1, 0.15) is 16.1 Å². The lowest BCUT2D eigenvalue weighted by molar-refractivity contribution is 0.0865. The van der Waals surface area contributed by atoms with Crippen LogP contribution in [0.15, 0.2) is 35.6 Å². The second-order valence-electron chi connectivity index (χ2n) is 4.05. The van der Waals surface area contributed by atoms with E-state index < -0.39 is 0 Å². The number of nitrogens with zero attached hydrogens (tertiary/aromatic N) is 2. The minimum absolute atomic E-state index is 0.153. The average Bonchev–Trinajstić information content (AvgIpc) is 2.79. The highest BCUT2D eigenvalue weighted by Gasteiger charge is 2.15. The molecular weight excluding hydrogens is 262 g/mol. The van der Waals surface area contributed by atoms with Gasteiger partial charge in [0.05, 0.1) is 6.20 Å². The highest BCUT2D eigenvalue weighted by atomic mass is 32.1. The molecule has 19 heavy (non-hydrogen) atoms. The van der Waals surface area contributed by atoms with Crippen LogP contribution >= 0.6 is 12.6 Å². The molecule has 0 aliphatic heterocycles. The van der Waals surface area contributed by atoms with Gasteiger partial charge in [-0.05, 0) is 19.1 Å². The van der Waals surface area contributed by atoms with E-state index in [1.54, 1.807) is 4.57 Å². The van der Waals surface area contributed by atoms with Gasteiger partial charge in [0.25, 0.3) is 5.91 Å². The van der Waals surface area contributed by atoms with E-state index in [0.717, 1.165) is 11.3 Å². The lowest BCUT2D eigenvalue weighted by Gasteiger charge is -2.10. The SMILES string of the molecule is COCNC(=O)c1cnc(S)n1-c1ccc(C)cc1. The van der Waals surface area contributed by atoms with Gasteiger partial charge >= 0.3 is 0 Å². The van der Waals surface area contributed by atoms with E-state index in [9.17, 15) is 4.79 Å².